The number of hydrogen-bond acceptors (Lipinski definition) is 9. The molecule has 11 heteroatoms. The number of methoxy groups -OCH3 is 2. The van der Waals surface area contributed by atoms with Crippen LogP contribution in [0.3, 0.4) is 0 Å². The summed E-state index contributed by atoms with van der Waals surface area (Å²) in [5.74, 6) is 2.74. The molecule has 0 spiro atoms. The van der Waals surface area contributed by atoms with Crippen LogP contribution in [-0.4, -0.2) is 78.5 Å². The average molecular weight is 487 g/mol. The van der Waals surface area contributed by atoms with Crippen LogP contribution in [0.25, 0.3) is 11.0 Å². The highest BCUT2D eigenvalue weighted by molar-refractivity contribution is 7.99. The zero-order chi connectivity index (χ0) is 23.9. The Bertz CT molecular complexity index is 1130. The number of rotatable bonds is 10. The minimum atomic E-state index is -0.194. The maximum Gasteiger partial charge on any atom is 0.251 e. The zero-order valence-electron chi connectivity index (χ0n) is 19.7. The van der Waals surface area contributed by atoms with E-state index in [4.69, 9.17) is 24.2 Å². The molecule has 1 aliphatic heterocycles. The van der Waals surface area contributed by atoms with Gasteiger partial charge in [0.2, 0.25) is 0 Å². The zero-order valence-corrected chi connectivity index (χ0v) is 20.6. The Labute approximate surface area is 203 Å². The highest BCUT2D eigenvalue weighted by atomic mass is 32.2. The summed E-state index contributed by atoms with van der Waals surface area (Å²) in [7, 11) is 3.11. The fraction of sp³-hybridized carbons (Fsp3) is 0.478. The largest absolute Gasteiger partial charge is 0.493 e. The normalized spacial score (nSPS) is 13.8. The molecular formula is C23H30N6O4S. The molecule has 1 aromatic carbocycles. The van der Waals surface area contributed by atoms with Gasteiger partial charge < -0.3 is 24.4 Å². The second-order valence-corrected chi connectivity index (χ2v) is 8.77. The van der Waals surface area contributed by atoms with Crippen LogP contribution >= 0.6 is 11.8 Å². The summed E-state index contributed by atoms with van der Waals surface area (Å²) in [5.41, 5.74) is 1.27. The van der Waals surface area contributed by atoms with Crippen molar-refractivity contribution in [1.29, 1.82) is 0 Å². The van der Waals surface area contributed by atoms with Gasteiger partial charge in [-0.15, -0.1) is 0 Å². The Morgan fingerprint density at radius 3 is 2.71 bits per heavy atom. The highest BCUT2D eigenvalue weighted by Crippen LogP contribution is 2.29. The number of anilines is 1. The van der Waals surface area contributed by atoms with E-state index >= 15 is 0 Å². The van der Waals surface area contributed by atoms with E-state index in [1.807, 2.05) is 10.9 Å². The lowest BCUT2D eigenvalue weighted by atomic mass is 10.2. The van der Waals surface area contributed by atoms with E-state index < -0.39 is 0 Å². The van der Waals surface area contributed by atoms with E-state index in [1.165, 1.54) is 0 Å². The van der Waals surface area contributed by atoms with Crippen LogP contribution < -0.4 is 19.7 Å². The van der Waals surface area contributed by atoms with Crippen molar-refractivity contribution in [3.8, 4) is 11.5 Å². The number of benzene rings is 1. The number of nitrogens with one attached hydrogen (secondary N) is 1. The molecule has 2 aromatic heterocycles. The van der Waals surface area contributed by atoms with E-state index in [0.29, 0.717) is 43.4 Å². The van der Waals surface area contributed by atoms with Crippen molar-refractivity contribution in [2.45, 2.75) is 25.0 Å². The van der Waals surface area contributed by atoms with E-state index in [2.05, 4.69) is 22.2 Å². The minimum Gasteiger partial charge on any atom is -0.493 e. The molecule has 3 heterocycles. The molecule has 0 saturated carbocycles. The standard InChI is InChI=1S/C23H30N6O4S/c1-4-13-34-23-26-20(28-9-11-33-12-10-28)17-15-25-29(21(17)27-23)8-7-24-22(30)16-5-6-18(31-2)19(14-16)32-3/h5-6,14-15H,4,7-13H2,1-3H3,(H,24,30). The molecule has 0 aliphatic carbocycles. The maximum atomic E-state index is 12.7. The van der Waals surface area contributed by atoms with Crippen LogP contribution in [0.4, 0.5) is 5.82 Å². The molecule has 10 nitrogen and oxygen atoms in total. The average Bonchev–Trinajstić information content (AvgIpc) is 3.29. The predicted octanol–water partition coefficient (Wildman–Crippen LogP) is 2.61. The van der Waals surface area contributed by atoms with Crippen LogP contribution in [0.1, 0.15) is 23.7 Å². The number of carbonyl (C=O) groups excluding carboxylic acids is 1. The molecule has 0 bridgehead atoms. The van der Waals surface area contributed by atoms with E-state index in [0.717, 1.165) is 47.3 Å². The van der Waals surface area contributed by atoms with E-state index in [-0.39, 0.29) is 5.91 Å². The Kier molecular flexibility index (Phi) is 8.07. The van der Waals surface area contributed by atoms with Gasteiger partial charge in [-0.3, -0.25) is 4.79 Å². The fourth-order valence-electron chi connectivity index (χ4n) is 3.71. The Balaban J connectivity index is 1.50. The SMILES string of the molecule is CCCSc1nc(N2CCOCC2)c2cnn(CCNC(=O)c3ccc(OC)c(OC)c3)c2n1. The van der Waals surface area contributed by atoms with Crippen molar-refractivity contribution in [2.24, 2.45) is 0 Å². The molecule has 1 amide bonds. The summed E-state index contributed by atoms with van der Waals surface area (Å²) in [6.07, 6.45) is 2.85. The van der Waals surface area contributed by atoms with Gasteiger partial charge in [0.1, 0.15) is 5.82 Å². The summed E-state index contributed by atoms with van der Waals surface area (Å²) in [6.45, 7) is 5.96. The number of nitrogens with zero attached hydrogens (tertiary/aromatic N) is 5. The van der Waals surface area contributed by atoms with Gasteiger partial charge in [0, 0.05) is 31.0 Å². The third-order valence-electron chi connectivity index (χ3n) is 5.46. The minimum absolute atomic E-state index is 0.194. The third-order valence-corrected chi connectivity index (χ3v) is 6.51. The van der Waals surface area contributed by atoms with Crippen LogP contribution in [0, 0.1) is 0 Å². The van der Waals surface area contributed by atoms with Crippen molar-refractivity contribution in [2.75, 3.05) is 57.7 Å². The first kappa shape index (κ1) is 24.1. The lowest BCUT2D eigenvalue weighted by Gasteiger charge is -2.28. The summed E-state index contributed by atoms with van der Waals surface area (Å²) >= 11 is 1.64. The van der Waals surface area contributed by atoms with Gasteiger partial charge >= 0.3 is 0 Å². The molecule has 1 fully saturated rings. The number of aromatic nitrogens is 4. The molecule has 0 atom stereocenters. The van der Waals surface area contributed by atoms with Gasteiger partial charge in [0.05, 0.1) is 45.6 Å². The van der Waals surface area contributed by atoms with Crippen molar-refractivity contribution in [3.05, 3.63) is 30.0 Å². The van der Waals surface area contributed by atoms with Gasteiger partial charge in [-0.25, -0.2) is 14.6 Å². The predicted molar refractivity (Wildman–Crippen MR) is 131 cm³/mol. The second kappa shape index (κ2) is 11.4. The molecule has 3 aromatic rings. The van der Waals surface area contributed by atoms with Gasteiger partial charge in [-0.1, -0.05) is 18.7 Å². The molecular weight excluding hydrogens is 456 g/mol. The van der Waals surface area contributed by atoms with E-state index in [9.17, 15) is 4.79 Å². The van der Waals surface area contributed by atoms with Crippen molar-refractivity contribution < 1.29 is 19.0 Å². The van der Waals surface area contributed by atoms with Gasteiger partial charge in [0.25, 0.3) is 5.91 Å². The first-order chi connectivity index (χ1) is 16.6. The number of morpholine rings is 1. The summed E-state index contributed by atoms with van der Waals surface area (Å²) < 4.78 is 17.9. The monoisotopic (exact) mass is 486 g/mol. The number of fused-ring (bicyclic) bond motifs is 1. The first-order valence-corrected chi connectivity index (χ1v) is 12.3. The molecule has 0 unspecified atom stereocenters. The number of thioether (sulfide) groups is 1. The van der Waals surface area contributed by atoms with Crippen LogP contribution in [0.5, 0.6) is 11.5 Å². The molecule has 1 saturated heterocycles. The molecule has 0 radical (unpaired) electrons. The van der Waals surface area contributed by atoms with Gasteiger partial charge in [-0.2, -0.15) is 5.10 Å². The molecule has 4 rings (SSSR count). The summed E-state index contributed by atoms with van der Waals surface area (Å²) in [6, 6.07) is 5.09. The molecule has 34 heavy (non-hydrogen) atoms. The lowest BCUT2D eigenvalue weighted by molar-refractivity contribution is 0.0951. The number of amides is 1. The van der Waals surface area contributed by atoms with Crippen molar-refractivity contribution in [3.63, 3.8) is 0 Å². The van der Waals surface area contributed by atoms with E-state index in [1.54, 1.807) is 44.2 Å². The van der Waals surface area contributed by atoms with Crippen LogP contribution in [0.15, 0.2) is 29.6 Å². The summed E-state index contributed by atoms with van der Waals surface area (Å²) in [5, 5.41) is 9.15. The smallest absolute Gasteiger partial charge is 0.251 e. The number of carbonyl (C=O) groups is 1. The topological polar surface area (TPSA) is 104 Å². The third kappa shape index (κ3) is 5.36. The van der Waals surface area contributed by atoms with Gasteiger partial charge in [0.15, 0.2) is 22.3 Å². The Morgan fingerprint density at radius 2 is 1.97 bits per heavy atom. The van der Waals surface area contributed by atoms with Crippen LogP contribution in [-0.2, 0) is 11.3 Å². The van der Waals surface area contributed by atoms with Crippen molar-refractivity contribution in [1.82, 2.24) is 25.1 Å². The molecule has 1 aliphatic rings. The molecule has 1 N–H and O–H groups in total. The maximum absolute atomic E-state index is 12.7. The van der Waals surface area contributed by atoms with Crippen molar-refractivity contribution >= 4 is 34.5 Å². The summed E-state index contributed by atoms with van der Waals surface area (Å²) in [4.78, 5) is 24.5. The quantitative estimate of drug-likeness (QED) is 0.342. The highest BCUT2D eigenvalue weighted by Gasteiger charge is 2.20. The van der Waals surface area contributed by atoms with Gasteiger partial charge in [-0.05, 0) is 24.6 Å². The second-order valence-electron chi connectivity index (χ2n) is 7.71. The lowest BCUT2D eigenvalue weighted by Crippen LogP contribution is -2.37. The number of hydrogen-bond donors (Lipinski definition) is 1. The number of ether oxygens (including phenoxy) is 3. The fourth-order valence-corrected chi connectivity index (χ4v) is 4.40. The first-order valence-electron chi connectivity index (χ1n) is 11.3. The Morgan fingerprint density at radius 1 is 1.18 bits per heavy atom. The Hall–Kier alpha value is -3.05. The molecule has 182 valence electrons. The van der Waals surface area contributed by atoms with Crippen LogP contribution in [0.2, 0.25) is 0 Å².